The van der Waals surface area contributed by atoms with Crippen LogP contribution in [0.4, 0.5) is 0 Å². The summed E-state index contributed by atoms with van der Waals surface area (Å²) >= 11 is 0. The van der Waals surface area contributed by atoms with Crippen LogP contribution >= 0.6 is 0 Å². The van der Waals surface area contributed by atoms with Gasteiger partial charge < -0.3 is 4.74 Å². The number of rotatable bonds is 0. The largest absolute Gasteiger partial charge is 0.375 e. The summed E-state index contributed by atoms with van der Waals surface area (Å²) in [6, 6.07) is 0. The van der Waals surface area contributed by atoms with Gasteiger partial charge in [0.15, 0.2) is 0 Å². The van der Waals surface area contributed by atoms with E-state index in [0.717, 1.165) is 6.42 Å². The SMILES string of the molecule is C=C1CC(C)OC(C)C1C. The molecule has 1 rings (SSSR count). The van der Waals surface area contributed by atoms with Gasteiger partial charge in [0.25, 0.3) is 0 Å². The van der Waals surface area contributed by atoms with Crippen LogP contribution in [-0.2, 0) is 4.74 Å². The molecule has 1 saturated heterocycles. The Hall–Kier alpha value is -0.300. The number of hydrogen-bond donors (Lipinski definition) is 0. The van der Waals surface area contributed by atoms with Crippen molar-refractivity contribution in [3.8, 4) is 0 Å². The topological polar surface area (TPSA) is 9.23 Å². The Morgan fingerprint density at radius 1 is 1.40 bits per heavy atom. The molecule has 0 aromatic heterocycles. The summed E-state index contributed by atoms with van der Waals surface area (Å²) in [6.45, 7) is 10.4. The molecule has 1 heteroatoms. The van der Waals surface area contributed by atoms with Gasteiger partial charge in [0.2, 0.25) is 0 Å². The molecule has 0 amide bonds. The van der Waals surface area contributed by atoms with Crippen molar-refractivity contribution in [1.82, 2.24) is 0 Å². The summed E-state index contributed by atoms with van der Waals surface area (Å²) in [7, 11) is 0. The van der Waals surface area contributed by atoms with Gasteiger partial charge in [0, 0.05) is 5.92 Å². The second-order valence-corrected chi connectivity index (χ2v) is 3.30. The van der Waals surface area contributed by atoms with Crippen LogP contribution in [0, 0.1) is 5.92 Å². The van der Waals surface area contributed by atoms with Crippen molar-refractivity contribution in [2.24, 2.45) is 5.92 Å². The van der Waals surface area contributed by atoms with E-state index in [2.05, 4.69) is 27.4 Å². The highest BCUT2D eigenvalue weighted by Crippen LogP contribution is 2.27. The van der Waals surface area contributed by atoms with Crippen LogP contribution in [0.25, 0.3) is 0 Å². The molecule has 0 aliphatic carbocycles. The Morgan fingerprint density at radius 2 is 2.00 bits per heavy atom. The highest BCUT2D eigenvalue weighted by Gasteiger charge is 2.24. The van der Waals surface area contributed by atoms with Gasteiger partial charge >= 0.3 is 0 Å². The minimum atomic E-state index is 0.358. The Bertz CT molecular complexity index is 140. The summed E-state index contributed by atoms with van der Waals surface area (Å²) in [5, 5.41) is 0. The Balaban J connectivity index is 2.57. The fourth-order valence-corrected chi connectivity index (χ4v) is 1.42. The summed E-state index contributed by atoms with van der Waals surface area (Å²) in [5.41, 5.74) is 1.34. The Labute approximate surface area is 63.1 Å². The van der Waals surface area contributed by atoms with Crippen molar-refractivity contribution in [2.45, 2.75) is 39.4 Å². The van der Waals surface area contributed by atoms with E-state index >= 15 is 0 Å². The maximum Gasteiger partial charge on any atom is 0.0613 e. The van der Waals surface area contributed by atoms with E-state index in [1.807, 2.05) is 0 Å². The summed E-state index contributed by atoms with van der Waals surface area (Å²) < 4.78 is 5.61. The molecular formula is C9H16O. The van der Waals surface area contributed by atoms with Gasteiger partial charge in [0.1, 0.15) is 0 Å². The predicted octanol–water partition coefficient (Wildman–Crippen LogP) is 2.38. The average Bonchev–Trinajstić information content (AvgIpc) is 1.82. The van der Waals surface area contributed by atoms with Gasteiger partial charge in [-0.05, 0) is 20.3 Å². The summed E-state index contributed by atoms with van der Waals surface area (Å²) in [5.74, 6) is 0.538. The van der Waals surface area contributed by atoms with Crippen molar-refractivity contribution in [3.63, 3.8) is 0 Å². The minimum Gasteiger partial charge on any atom is -0.375 e. The molecular weight excluding hydrogens is 124 g/mol. The maximum atomic E-state index is 5.61. The molecule has 1 nitrogen and oxygen atoms in total. The van der Waals surface area contributed by atoms with E-state index in [9.17, 15) is 0 Å². The fourth-order valence-electron chi connectivity index (χ4n) is 1.42. The van der Waals surface area contributed by atoms with Crippen LogP contribution in [-0.4, -0.2) is 12.2 Å². The number of ether oxygens (including phenoxy) is 1. The molecule has 3 unspecified atom stereocenters. The molecule has 0 saturated carbocycles. The van der Waals surface area contributed by atoms with Gasteiger partial charge in [-0.15, -0.1) is 0 Å². The van der Waals surface area contributed by atoms with Gasteiger partial charge in [-0.3, -0.25) is 0 Å². The molecule has 58 valence electrons. The van der Waals surface area contributed by atoms with Crippen molar-refractivity contribution >= 4 is 0 Å². The monoisotopic (exact) mass is 140 g/mol. The third-order valence-corrected chi connectivity index (χ3v) is 2.34. The first-order chi connectivity index (χ1) is 4.61. The zero-order valence-electron chi connectivity index (χ0n) is 7.05. The van der Waals surface area contributed by atoms with Crippen LogP contribution in [0.5, 0.6) is 0 Å². The van der Waals surface area contributed by atoms with E-state index in [4.69, 9.17) is 4.74 Å². The van der Waals surface area contributed by atoms with E-state index in [1.165, 1.54) is 5.57 Å². The van der Waals surface area contributed by atoms with Crippen molar-refractivity contribution in [1.29, 1.82) is 0 Å². The fraction of sp³-hybridized carbons (Fsp3) is 0.778. The second kappa shape index (κ2) is 2.75. The highest BCUT2D eigenvalue weighted by atomic mass is 16.5. The molecule has 3 atom stereocenters. The first-order valence-corrected chi connectivity index (χ1v) is 3.94. The lowest BCUT2D eigenvalue weighted by molar-refractivity contribution is -0.0355. The van der Waals surface area contributed by atoms with Crippen LogP contribution in [0.3, 0.4) is 0 Å². The normalized spacial score (nSPS) is 41.9. The zero-order valence-corrected chi connectivity index (χ0v) is 7.05. The van der Waals surface area contributed by atoms with Gasteiger partial charge in [-0.2, -0.15) is 0 Å². The lowest BCUT2D eigenvalue weighted by Gasteiger charge is -2.32. The highest BCUT2D eigenvalue weighted by molar-refractivity contribution is 5.05. The molecule has 0 radical (unpaired) electrons. The Morgan fingerprint density at radius 3 is 2.50 bits per heavy atom. The molecule has 1 aliphatic rings. The van der Waals surface area contributed by atoms with Crippen molar-refractivity contribution in [3.05, 3.63) is 12.2 Å². The molecule has 0 bridgehead atoms. The Kier molecular flexibility index (Phi) is 2.14. The van der Waals surface area contributed by atoms with Gasteiger partial charge in [0.05, 0.1) is 12.2 Å². The van der Waals surface area contributed by atoms with E-state index in [-0.39, 0.29) is 0 Å². The average molecular weight is 140 g/mol. The molecule has 0 N–H and O–H groups in total. The quantitative estimate of drug-likeness (QED) is 0.469. The van der Waals surface area contributed by atoms with Gasteiger partial charge in [-0.25, -0.2) is 0 Å². The summed E-state index contributed by atoms with van der Waals surface area (Å²) in [6.07, 6.45) is 1.76. The first kappa shape index (κ1) is 7.80. The summed E-state index contributed by atoms with van der Waals surface area (Å²) in [4.78, 5) is 0. The van der Waals surface area contributed by atoms with Crippen LogP contribution in [0.15, 0.2) is 12.2 Å². The lowest BCUT2D eigenvalue weighted by Crippen LogP contribution is -2.31. The standard InChI is InChI=1S/C9H16O/c1-6-5-7(2)10-9(4)8(6)3/h7-9H,1,5H2,2-4H3. The molecule has 0 aromatic carbocycles. The maximum absolute atomic E-state index is 5.61. The third-order valence-electron chi connectivity index (χ3n) is 2.34. The first-order valence-electron chi connectivity index (χ1n) is 3.94. The smallest absolute Gasteiger partial charge is 0.0613 e. The molecule has 1 heterocycles. The third kappa shape index (κ3) is 1.40. The van der Waals surface area contributed by atoms with E-state index < -0.39 is 0 Å². The molecule has 0 aromatic rings. The zero-order chi connectivity index (χ0) is 7.72. The van der Waals surface area contributed by atoms with Crippen LogP contribution < -0.4 is 0 Å². The lowest BCUT2D eigenvalue weighted by atomic mass is 9.90. The van der Waals surface area contributed by atoms with Crippen LogP contribution in [0.1, 0.15) is 27.2 Å². The second-order valence-electron chi connectivity index (χ2n) is 3.30. The van der Waals surface area contributed by atoms with Crippen molar-refractivity contribution in [2.75, 3.05) is 0 Å². The minimum absolute atomic E-state index is 0.358. The van der Waals surface area contributed by atoms with E-state index in [1.54, 1.807) is 0 Å². The van der Waals surface area contributed by atoms with Gasteiger partial charge in [-0.1, -0.05) is 19.1 Å². The molecule has 1 fully saturated rings. The number of hydrogen-bond acceptors (Lipinski definition) is 1. The van der Waals surface area contributed by atoms with Crippen molar-refractivity contribution < 1.29 is 4.74 Å². The predicted molar refractivity (Wildman–Crippen MR) is 42.9 cm³/mol. The van der Waals surface area contributed by atoms with E-state index in [0.29, 0.717) is 18.1 Å². The molecule has 10 heavy (non-hydrogen) atoms. The molecule has 1 aliphatic heterocycles. The molecule has 0 spiro atoms. The van der Waals surface area contributed by atoms with Crippen LogP contribution in [0.2, 0.25) is 0 Å².